The predicted octanol–water partition coefficient (Wildman–Crippen LogP) is 1.76. The van der Waals surface area contributed by atoms with Gasteiger partial charge in [0.1, 0.15) is 0 Å². The number of nitrogens with zero attached hydrogens (tertiary/aromatic N) is 4. The fraction of sp³-hybridized carbons (Fsp3) is 0.231. The highest BCUT2D eigenvalue weighted by molar-refractivity contribution is 5.53. The highest BCUT2D eigenvalue weighted by Crippen LogP contribution is 2.34. The molecule has 1 heterocycles. The van der Waals surface area contributed by atoms with Gasteiger partial charge in [-0.2, -0.15) is 10.4 Å². The number of aryl methyl sites for hydroxylation is 2. The first kappa shape index (κ1) is 14.5. The largest absolute Gasteiger partial charge is 0.432 e. The Morgan fingerprint density at radius 2 is 2.29 bits per heavy atom. The van der Waals surface area contributed by atoms with Gasteiger partial charge in [0, 0.05) is 19.7 Å². The van der Waals surface area contributed by atoms with Gasteiger partial charge in [0.2, 0.25) is 11.6 Å². The normalized spacial score (nSPS) is 10.2. The molecule has 0 amide bonds. The van der Waals surface area contributed by atoms with Crippen molar-refractivity contribution in [3.63, 3.8) is 0 Å². The van der Waals surface area contributed by atoms with Gasteiger partial charge >= 0.3 is 5.69 Å². The van der Waals surface area contributed by atoms with E-state index in [1.54, 1.807) is 14.0 Å². The maximum atomic E-state index is 11.1. The van der Waals surface area contributed by atoms with E-state index in [2.05, 4.69) is 5.10 Å². The molecule has 0 radical (unpaired) electrons. The monoisotopic (exact) mass is 287 g/mol. The first-order chi connectivity index (χ1) is 9.97. The quantitative estimate of drug-likeness (QED) is 0.675. The van der Waals surface area contributed by atoms with E-state index in [4.69, 9.17) is 15.7 Å². The summed E-state index contributed by atoms with van der Waals surface area (Å²) in [6.45, 7) is 1.99. The standard InChI is InChI=1S/C13H13N5O3/c1-8-10(7-15)13(17(2)16-8)21-12-4-3-9(6-14)5-11(12)18(19)20/h3-5H,7,15H2,1-2H3. The Hall–Kier alpha value is -2.92. The number of benzene rings is 1. The lowest BCUT2D eigenvalue weighted by molar-refractivity contribution is -0.385. The van der Waals surface area contributed by atoms with Crippen LogP contribution in [0.5, 0.6) is 11.6 Å². The molecule has 0 saturated heterocycles. The van der Waals surface area contributed by atoms with Gasteiger partial charge in [-0.25, -0.2) is 4.68 Å². The molecule has 0 spiro atoms. The van der Waals surface area contributed by atoms with E-state index >= 15 is 0 Å². The van der Waals surface area contributed by atoms with E-state index in [1.807, 2.05) is 6.07 Å². The van der Waals surface area contributed by atoms with Crippen LogP contribution in [0, 0.1) is 28.4 Å². The van der Waals surface area contributed by atoms with Crippen LogP contribution in [0.1, 0.15) is 16.8 Å². The molecule has 0 bridgehead atoms. The van der Waals surface area contributed by atoms with Gasteiger partial charge in [-0.3, -0.25) is 10.1 Å². The third-order valence-electron chi connectivity index (χ3n) is 2.98. The second kappa shape index (κ2) is 5.60. The van der Waals surface area contributed by atoms with Crippen molar-refractivity contribution in [3.8, 4) is 17.7 Å². The molecule has 0 atom stereocenters. The van der Waals surface area contributed by atoms with Gasteiger partial charge in [-0.05, 0) is 19.1 Å². The molecule has 2 aromatic rings. The number of nitro benzene ring substituents is 1. The number of aromatic nitrogens is 2. The Morgan fingerprint density at radius 1 is 1.57 bits per heavy atom. The van der Waals surface area contributed by atoms with Gasteiger partial charge in [0.15, 0.2) is 0 Å². The molecule has 0 aliphatic carbocycles. The zero-order valence-corrected chi connectivity index (χ0v) is 11.5. The summed E-state index contributed by atoms with van der Waals surface area (Å²) in [5, 5.41) is 24.1. The maximum absolute atomic E-state index is 11.1. The molecule has 108 valence electrons. The highest BCUT2D eigenvalue weighted by Gasteiger charge is 2.21. The van der Waals surface area contributed by atoms with Crippen molar-refractivity contribution in [2.24, 2.45) is 12.8 Å². The second-order valence-electron chi connectivity index (χ2n) is 4.35. The lowest BCUT2D eigenvalue weighted by atomic mass is 10.2. The first-order valence-electron chi connectivity index (χ1n) is 6.06. The SMILES string of the molecule is Cc1nn(C)c(Oc2ccc(C#N)cc2[N+](=O)[O-])c1CN. The van der Waals surface area contributed by atoms with Crippen molar-refractivity contribution >= 4 is 5.69 Å². The minimum absolute atomic E-state index is 0.0386. The van der Waals surface area contributed by atoms with E-state index in [9.17, 15) is 10.1 Å². The Morgan fingerprint density at radius 3 is 2.86 bits per heavy atom. The number of ether oxygens (including phenoxy) is 1. The van der Waals surface area contributed by atoms with E-state index < -0.39 is 4.92 Å². The zero-order valence-electron chi connectivity index (χ0n) is 11.5. The Balaban J connectivity index is 2.50. The van der Waals surface area contributed by atoms with E-state index in [0.29, 0.717) is 17.1 Å². The van der Waals surface area contributed by atoms with Crippen LogP contribution in [0.4, 0.5) is 5.69 Å². The van der Waals surface area contributed by atoms with Gasteiger partial charge in [0.05, 0.1) is 27.8 Å². The van der Waals surface area contributed by atoms with E-state index in [1.165, 1.54) is 22.9 Å². The van der Waals surface area contributed by atoms with Crippen LogP contribution in [0.3, 0.4) is 0 Å². The highest BCUT2D eigenvalue weighted by atomic mass is 16.6. The summed E-state index contributed by atoms with van der Waals surface area (Å²) in [5.74, 6) is 0.388. The molecule has 1 aromatic heterocycles. The van der Waals surface area contributed by atoms with Gasteiger partial charge in [-0.1, -0.05) is 0 Å². The Kier molecular flexibility index (Phi) is 3.86. The number of hydrogen-bond donors (Lipinski definition) is 1. The molecule has 1 aromatic carbocycles. The predicted molar refractivity (Wildman–Crippen MR) is 73.7 cm³/mol. The van der Waals surface area contributed by atoms with Crippen molar-refractivity contribution < 1.29 is 9.66 Å². The average molecular weight is 287 g/mol. The Labute approximate surface area is 120 Å². The molecule has 0 fully saturated rings. The Bertz CT molecular complexity index is 745. The van der Waals surface area contributed by atoms with Crippen molar-refractivity contribution in [3.05, 3.63) is 45.1 Å². The maximum Gasteiger partial charge on any atom is 0.312 e. The van der Waals surface area contributed by atoms with Crippen LogP contribution in [0.15, 0.2) is 18.2 Å². The fourth-order valence-corrected chi connectivity index (χ4v) is 1.96. The molecule has 8 nitrogen and oxygen atoms in total. The molecule has 0 saturated carbocycles. The smallest absolute Gasteiger partial charge is 0.312 e. The van der Waals surface area contributed by atoms with Gasteiger partial charge in [-0.15, -0.1) is 0 Å². The second-order valence-corrected chi connectivity index (χ2v) is 4.35. The number of rotatable bonds is 4. The zero-order chi connectivity index (χ0) is 15.6. The number of hydrogen-bond acceptors (Lipinski definition) is 6. The topological polar surface area (TPSA) is 120 Å². The lowest BCUT2D eigenvalue weighted by Crippen LogP contribution is -2.02. The van der Waals surface area contributed by atoms with Crippen molar-refractivity contribution in [1.29, 1.82) is 5.26 Å². The lowest BCUT2D eigenvalue weighted by Gasteiger charge is -2.08. The molecule has 0 aliphatic rings. The first-order valence-corrected chi connectivity index (χ1v) is 6.06. The number of nitro groups is 1. The van der Waals surface area contributed by atoms with E-state index in [-0.39, 0.29) is 23.5 Å². The van der Waals surface area contributed by atoms with Crippen LogP contribution in [0.25, 0.3) is 0 Å². The number of nitriles is 1. The van der Waals surface area contributed by atoms with Crippen molar-refractivity contribution in [2.75, 3.05) is 0 Å². The molecular weight excluding hydrogens is 274 g/mol. The van der Waals surface area contributed by atoms with Gasteiger partial charge in [0.25, 0.3) is 0 Å². The summed E-state index contributed by atoms with van der Waals surface area (Å²) in [7, 11) is 1.66. The summed E-state index contributed by atoms with van der Waals surface area (Å²) < 4.78 is 7.09. The third-order valence-corrected chi connectivity index (χ3v) is 2.98. The van der Waals surface area contributed by atoms with Crippen LogP contribution >= 0.6 is 0 Å². The molecule has 8 heteroatoms. The van der Waals surface area contributed by atoms with Crippen LogP contribution in [-0.2, 0) is 13.6 Å². The van der Waals surface area contributed by atoms with Crippen molar-refractivity contribution in [1.82, 2.24) is 9.78 Å². The minimum atomic E-state index is -0.596. The summed E-state index contributed by atoms with van der Waals surface area (Å²) in [5.41, 5.74) is 6.94. The average Bonchev–Trinajstić information content (AvgIpc) is 2.72. The molecule has 2 N–H and O–H groups in total. The summed E-state index contributed by atoms with van der Waals surface area (Å²) in [4.78, 5) is 10.5. The van der Waals surface area contributed by atoms with Crippen LogP contribution in [0.2, 0.25) is 0 Å². The van der Waals surface area contributed by atoms with E-state index in [0.717, 1.165) is 0 Å². The number of nitrogens with two attached hydrogens (primary N) is 1. The molecule has 21 heavy (non-hydrogen) atoms. The molecular formula is C13H13N5O3. The van der Waals surface area contributed by atoms with Gasteiger partial charge < -0.3 is 10.5 Å². The van der Waals surface area contributed by atoms with Crippen molar-refractivity contribution in [2.45, 2.75) is 13.5 Å². The molecule has 0 aliphatic heterocycles. The minimum Gasteiger partial charge on any atom is -0.432 e. The van der Waals surface area contributed by atoms with Crippen LogP contribution < -0.4 is 10.5 Å². The molecule has 0 unspecified atom stereocenters. The summed E-state index contributed by atoms with van der Waals surface area (Å²) in [6.07, 6.45) is 0. The summed E-state index contributed by atoms with van der Waals surface area (Å²) >= 11 is 0. The third kappa shape index (κ3) is 2.68. The molecule has 2 rings (SSSR count). The summed E-state index contributed by atoms with van der Waals surface area (Å²) in [6, 6.07) is 5.86. The fourth-order valence-electron chi connectivity index (χ4n) is 1.96. The van der Waals surface area contributed by atoms with Crippen LogP contribution in [-0.4, -0.2) is 14.7 Å².